The monoisotopic (exact) mass is 553 g/mol. The van der Waals surface area contributed by atoms with E-state index in [-0.39, 0.29) is 33.7 Å². The van der Waals surface area contributed by atoms with E-state index in [4.69, 9.17) is 5.84 Å². The molecule has 0 unspecified atom stereocenters. The van der Waals surface area contributed by atoms with Crippen LogP contribution < -0.4 is 21.8 Å². The fourth-order valence-electron chi connectivity index (χ4n) is 3.65. The zero-order chi connectivity index (χ0) is 28.1. The zero-order valence-corrected chi connectivity index (χ0v) is 22.0. The number of benzene rings is 1. The van der Waals surface area contributed by atoms with Crippen LogP contribution in [0.1, 0.15) is 51.2 Å². The molecule has 0 saturated heterocycles. The van der Waals surface area contributed by atoms with E-state index in [1.807, 2.05) is 0 Å². The van der Waals surface area contributed by atoms with Gasteiger partial charge in [0.15, 0.2) is 0 Å². The molecule has 0 spiro atoms. The van der Waals surface area contributed by atoms with Gasteiger partial charge in [-0.1, -0.05) is 18.2 Å². The number of aromatic nitrogens is 2. The molecule has 1 aromatic carbocycles. The summed E-state index contributed by atoms with van der Waals surface area (Å²) in [5.41, 5.74) is 1.25. The van der Waals surface area contributed by atoms with Gasteiger partial charge in [-0.05, 0) is 62.7 Å². The standard InChI is InChI=1S/C26H31N7O5S/c27-33-24(21-8-1-2-9-23(21)39(36,37)38)22-11-10-20(18-32-22)26(35)31-16-6-14-28-12-3-4-15-30-25(34)19-7-5-13-29-17-19/h1-2,5,7-11,13,17-18,28H,3-4,6,12,14-16,27H2,(H,30,34)(H,31,35)(H,36,37,38)/b33-24+. The van der Waals surface area contributed by atoms with Gasteiger partial charge < -0.3 is 21.8 Å². The summed E-state index contributed by atoms with van der Waals surface area (Å²) in [6.07, 6.45) is 6.97. The lowest BCUT2D eigenvalue weighted by Crippen LogP contribution is -2.28. The Labute approximate surface area is 226 Å². The predicted molar refractivity (Wildman–Crippen MR) is 146 cm³/mol. The first-order valence-electron chi connectivity index (χ1n) is 12.3. The van der Waals surface area contributed by atoms with E-state index in [0.717, 1.165) is 32.4 Å². The summed E-state index contributed by atoms with van der Waals surface area (Å²) in [5.74, 6) is 5.05. The molecule has 6 N–H and O–H groups in total. The molecule has 13 heteroatoms. The lowest BCUT2D eigenvalue weighted by Gasteiger charge is -2.10. The van der Waals surface area contributed by atoms with Gasteiger partial charge in [-0.25, -0.2) is 0 Å². The van der Waals surface area contributed by atoms with E-state index in [9.17, 15) is 22.6 Å². The summed E-state index contributed by atoms with van der Waals surface area (Å²) in [4.78, 5) is 32.1. The van der Waals surface area contributed by atoms with Crippen LogP contribution in [0.25, 0.3) is 0 Å². The second kappa shape index (κ2) is 14.7. The largest absolute Gasteiger partial charge is 0.352 e. The maximum absolute atomic E-state index is 12.4. The van der Waals surface area contributed by atoms with Crippen LogP contribution in [-0.4, -0.2) is 66.6 Å². The number of nitrogens with two attached hydrogens (primary N) is 1. The van der Waals surface area contributed by atoms with Gasteiger partial charge >= 0.3 is 0 Å². The molecule has 3 rings (SSSR count). The summed E-state index contributed by atoms with van der Waals surface area (Å²) in [7, 11) is -4.50. The third kappa shape index (κ3) is 8.95. The molecule has 39 heavy (non-hydrogen) atoms. The van der Waals surface area contributed by atoms with Crippen LogP contribution in [0.4, 0.5) is 0 Å². The van der Waals surface area contributed by atoms with Crippen LogP contribution in [0.15, 0.2) is 77.1 Å². The fraction of sp³-hybridized carbons (Fsp3) is 0.269. The topological polar surface area (TPSA) is 189 Å². The molecule has 0 atom stereocenters. The Bertz CT molecular complexity index is 1380. The lowest BCUT2D eigenvalue weighted by atomic mass is 10.1. The van der Waals surface area contributed by atoms with Gasteiger partial charge in [0, 0.05) is 37.2 Å². The molecule has 0 radical (unpaired) electrons. The Hall–Kier alpha value is -4.20. The second-order valence-corrected chi connectivity index (χ2v) is 9.84. The number of carbonyl (C=O) groups is 2. The summed E-state index contributed by atoms with van der Waals surface area (Å²) in [6, 6.07) is 12.2. The second-order valence-electron chi connectivity index (χ2n) is 8.45. The summed E-state index contributed by atoms with van der Waals surface area (Å²) >= 11 is 0. The highest BCUT2D eigenvalue weighted by molar-refractivity contribution is 7.86. The first-order chi connectivity index (χ1) is 18.8. The molecule has 0 bridgehead atoms. The van der Waals surface area contributed by atoms with Crippen LogP contribution in [0.5, 0.6) is 0 Å². The van der Waals surface area contributed by atoms with Crippen molar-refractivity contribution in [1.82, 2.24) is 25.9 Å². The van der Waals surface area contributed by atoms with Crippen molar-refractivity contribution >= 4 is 27.6 Å². The minimum atomic E-state index is -4.50. The Morgan fingerprint density at radius 1 is 0.846 bits per heavy atom. The molecule has 12 nitrogen and oxygen atoms in total. The summed E-state index contributed by atoms with van der Waals surface area (Å²) in [5, 5.41) is 12.6. The van der Waals surface area contributed by atoms with Crippen LogP contribution >= 0.6 is 0 Å². The Balaban J connectivity index is 1.35. The molecular formula is C26H31N7O5S. The van der Waals surface area contributed by atoms with Crippen LogP contribution in [0.2, 0.25) is 0 Å². The minimum absolute atomic E-state index is 0.0529. The number of pyridine rings is 2. The molecule has 0 fully saturated rings. The zero-order valence-electron chi connectivity index (χ0n) is 21.2. The SMILES string of the molecule is N/N=C(/c1ccc(C(=O)NCCCNCCCCNC(=O)c2cccnc2)cn1)c1ccccc1S(=O)(=O)O. The smallest absolute Gasteiger partial charge is 0.295 e. The maximum atomic E-state index is 12.4. The molecule has 0 aliphatic rings. The first kappa shape index (κ1) is 29.4. The van der Waals surface area contributed by atoms with Gasteiger partial charge in [0.2, 0.25) is 0 Å². The normalized spacial score (nSPS) is 11.7. The van der Waals surface area contributed by atoms with Crippen molar-refractivity contribution in [2.24, 2.45) is 10.9 Å². The van der Waals surface area contributed by atoms with Crippen molar-refractivity contribution in [3.05, 3.63) is 89.5 Å². The molecule has 2 heterocycles. The van der Waals surface area contributed by atoms with E-state index in [0.29, 0.717) is 24.2 Å². The van der Waals surface area contributed by atoms with Gasteiger partial charge in [0.1, 0.15) is 10.6 Å². The number of nitrogens with zero attached hydrogens (tertiary/aromatic N) is 3. The molecule has 0 aliphatic carbocycles. The average Bonchev–Trinajstić information content (AvgIpc) is 2.94. The molecule has 2 aromatic heterocycles. The van der Waals surface area contributed by atoms with Crippen molar-refractivity contribution in [2.75, 3.05) is 26.2 Å². The van der Waals surface area contributed by atoms with E-state index in [1.54, 1.807) is 24.4 Å². The quantitative estimate of drug-likeness (QED) is 0.0645. The highest BCUT2D eigenvalue weighted by atomic mass is 32.2. The third-order valence-electron chi connectivity index (χ3n) is 5.62. The number of hydrogen-bond donors (Lipinski definition) is 5. The van der Waals surface area contributed by atoms with Gasteiger partial charge in [-0.2, -0.15) is 13.5 Å². The number of nitrogens with one attached hydrogen (secondary N) is 3. The van der Waals surface area contributed by atoms with Crippen molar-refractivity contribution in [3.63, 3.8) is 0 Å². The minimum Gasteiger partial charge on any atom is -0.352 e. The van der Waals surface area contributed by atoms with Crippen LogP contribution in [-0.2, 0) is 10.1 Å². The molecule has 3 aromatic rings. The van der Waals surface area contributed by atoms with E-state index < -0.39 is 10.1 Å². The molecule has 2 amide bonds. The molecule has 0 saturated carbocycles. The number of unbranched alkanes of at least 4 members (excludes halogenated alkanes) is 1. The number of hydrogen-bond acceptors (Lipinski definition) is 9. The van der Waals surface area contributed by atoms with Gasteiger partial charge in [0.05, 0.1) is 16.8 Å². The number of hydrazone groups is 1. The summed E-state index contributed by atoms with van der Waals surface area (Å²) in [6.45, 7) is 2.58. The molecule has 0 aliphatic heterocycles. The van der Waals surface area contributed by atoms with Crippen molar-refractivity contribution in [2.45, 2.75) is 24.2 Å². The Morgan fingerprint density at radius 2 is 1.51 bits per heavy atom. The number of carbonyl (C=O) groups excluding carboxylic acids is 2. The highest BCUT2D eigenvalue weighted by Gasteiger charge is 2.20. The van der Waals surface area contributed by atoms with Gasteiger partial charge in [-0.15, -0.1) is 0 Å². The van der Waals surface area contributed by atoms with Crippen molar-refractivity contribution in [1.29, 1.82) is 0 Å². The van der Waals surface area contributed by atoms with Crippen molar-refractivity contribution in [3.8, 4) is 0 Å². The Morgan fingerprint density at radius 3 is 2.15 bits per heavy atom. The molecular weight excluding hydrogens is 522 g/mol. The van der Waals surface area contributed by atoms with Gasteiger partial charge in [-0.3, -0.25) is 24.1 Å². The van der Waals surface area contributed by atoms with E-state index >= 15 is 0 Å². The Kier molecular flexibility index (Phi) is 11.0. The number of rotatable bonds is 14. The third-order valence-corrected chi connectivity index (χ3v) is 6.53. The van der Waals surface area contributed by atoms with Crippen LogP contribution in [0.3, 0.4) is 0 Å². The highest BCUT2D eigenvalue weighted by Crippen LogP contribution is 2.19. The van der Waals surface area contributed by atoms with Crippen molar-refractivity contribution < 1.29 is 22.6 Å². The van der Waals surface area contributed by atoms with E-state index in [2.05, 4.69) is 31.0 Å². The number of amides is 2. The molecule has 206 valence electrons. The average molecular weight is 554 g/mol. The van der Waals surface area contributed by atoms with Gasteiger partial charge in [0.25, 0.3) is 21.9 Å². The van der Waals surface area contributed by atoms with E-state index in [1.165, 1.54) is 42.7 Å². The predicted octanol–water partition coefficient (Wildman–Crippen LogP) is 1.35. The fourth-order valence-corrected chi connectivity index (χ4v) is 4.34. The lowest BCUT2D eigenvalue weighted by molar-refractivity contribution is 0.0944. The summed E-state index contributed by atoms with van der Waals surface area (Å²) < 4.78 is 32.9. The maximum Gasteiger partial charge on any atom is 0.295 e. The van der Waals surface area contributed by atoms with Crippen LogP contribution in [0, 0.1) is 0 Å². The first-order valence-corrected chi connectivity index (χ1v) is 13.7.